The summed E-state index contributed by atoms with van der Waals surface area (Å²) in [6.07, 6.45) is -1.62. The number of hydroxylamine groups is 2. The fourth-order valence-corrected chi connectivity index (χ4v) is 4.13. The third-order valence-corrected chi connectivity index (χ3v) is 5.80. The zero-order valence-corrected chi connectivity index (χ0v) is 21.6. The predicted molar refractivity (Wildman–Crippen MR) is 127 cm³/mol. The molecule has 0 bridgehead atoms. The van der Waals surface area contributed by atoms with Gasteiger partial charge in [0.25, 0.3) is 11.8 Å². The molecule has 0 unspecified atom stereocenters. The SMILES string of the molecule is COC(=O)[C@@H]1C[C@@H](ON2C(=O)c3ccccc3C2=O)CN1C(=O)[C@@H](NC(=O)OC(C)(C)C)C(C)(C)C. The summed E-state index contributed by atoms with van der Waals surface area (Å²) in [5.74, 6) is -2.46. The van der Waals surface area contributed by atoms with Gasteiger partial charge in [-0.25, -0.2) is 9.59 Å². The van der Waals surface area contributed by atoms with Crippen molar-refractivity contribution in [3.05, 3.63) is 35.4 Å². The van der Waals surface area contributed by atoms with E-state index >= 15 is 0 Å². The van der Waals surface area contributed by atoms with E-state index < -0.39 is 59.0 Å². The summed E-state index contributed by atoms with van der Waals surface area (Å²) in [4.78, 5) is 71.1. The van der Waals surface area contributed by atoms with Crippen LogP contribution in [0.4, 0.5) is 4.79 Å². The molecule has 1 aromatic rings. The second kappa shape index (κ2) is 9.88. The lowest BCUT2D eigenvalue weighted by atomic mass is 9.85. The van der Waals surface area contributed by atoms with Crippen LogP contribution in [-0.2, 0) is 23.9 Å². The largest absolute Gasteiger partial charge is 0.467 e. The van der Waals surface area contributed by atoms with Gasteiger partial charge in [0.15, 0.2) is 0 Å². The standard InChI is InChI=1S/C25H33N3O8/c1-24(2,3)18(26-23(33)35-25(4,5)6)21(31)27-13-14(12-17(27)22(32)34-7)36-28-19(29)15-10-8-9-11-16(15)20(28)30/h8-11,14,17-18H,12-13H2,1-7H3,(H,26,33)/t14-,17+,18-/m1/s1. The van der Waals surface area contributed by atoms with Gasteiger partial charge in [-0.3, -0.25) is 19.2 Å². The minimum atomic E-state index is -1.04. The lowest BCUT2D eigenvalue weighted by Crippen LogP contribution is -2.57. The number of rotatable bonds is 5. The molecule has 0 saturated carbocycles. The summed E-state index contributed by atoms with van der Waals surface area (Å²) >= 11 is 0. The van der Waals surface area contributed by atoms with Gasteiger partial charge in [-0.2, -0.15) is 0 Å². The minimum Gasteiger partial charge on any atom is -0.467 e. The predicted octanol–water partition coefficient (Wildman–Crippen LogP) is 2.30. The summed E-state index contributed by atoms with van der Waals surface area (Å²) in [5, 5.41) is 3.28. The average molecular weight is 504 g/mol. The van der Waals surface area contributed by atoms with Crippen LogP contribution in [-0.4, -0.2) is 77.2 Å². The summed E-state index contributed by atoms with van der Waals surface area (Å²) < 4.78 is 10.2. The van der Waals surface area contributed by atoms with E-state index in [1.807, 2.05) is 0 Å². The fraction of sp³-hybridized carbons (Fsp3) is 0.560. The van der Waals surface area contributed by atoms with Crippen LogP contribution in [0.5, 0.6) is 0 Å². The van der Waals surface area contributed by atoms with Crippen LogP contribution < -0.4 is 5.32 Å². The Morgan fingerprint density at radius 1 is 1.00 bits per heavy atom. The van der Waals surface area contributed by atoms with E-state index in [-0.39, 0.29) is 24.1 Å². The lowest BCUT2D eigenvalue weighted by molar-refractivity contribution is -0.152. The van der Waals surface area contributed by atoms with Crippen LogP contribution in [0.2, 0.25) is 0 Å². The molecule has 11 nitrogen and oxygen atoms in total. The number of nitrogens with zero attached hydrogens (tertiary/aromatic N) is 2. The molecule has 1 saturated heterocycles. The molecule has 1 N–H and O–H groups in total. The topological polar surface area (TPSA) is 132 Å². The van der Waals surface area contributed by atoms with Gasteiger partial charge in [-0.1, -0.05) is 32.9 Å². The van der Waals surface area contributed by atoms with E-state index in [0.717, 1.165) is 0 Å². The van der Waals surface area contributed by atoms with E-state index in [4.69, 9.17) is 14.3 Å². The Kier molecular flexibility index (Phi) is 7.45. The molecule has 2 aliphatic rings. The number of methoxy groups -OCH3 is 1. The Morgan fingerprint density at radius 3 is 2.03 bits per heavy atom. The number of likely N-dealkylation sites (tertiary alicyclic amines) is 1. The van der Waals surface area contributed by atoms with E-state index in [2.05, 4.69) is 5.32 Å². The minimum absolute atomic E-state index is 0.00484. The number of carbonyl (C=O) groups is 5. The molecule has 3 rings (SSSR count). The second-order valence-electron chi connectivity index (χ2n) is 10.9. The molecule has 1 fully saturated rings. The first kappa shape index (κ1) is 27.1. The maximum atomic E-state index is 13.7. The first-order chi connectivity index (χ1) is 16.6. The number of alkyl carbamates (subject to hydrolysis) is 1. The quantitative estimate of drug-likeness (QED) is 0.478. The number of ether oxygens (including phenoxy) is 2. The second-order valence-corrected chi connectivity index (χ2v) is 10.9. The zero-order valence-electron chi connectivity index (χ0n) is 21.6. The molecule has 1 aromatic carbocycles. The lowest BCUT2D eigenvalue weighted by Gasteiger charge is -2.35. The van der Waals surface area contributed by atoms with Gasteiger partial charge in [0.2, 0.25) is 5.91 Å². The molecule has 3 atom stereocenters. The Hall–Kier alpha value is -3.47. The van der Waals surface area contributed by atoms with Gasteiger partial charge in [-0.15, -0.1) is 5.06 Å². The van der Waals surface area contributed by atoms with Crippen LogP contribution in [0, 0.1) is 5.41 Å². The third kappa shape index (κ3) is 5.67. The maximum Gasteiger partial charge on any atom is 0.408 e. The molecule has 11 heteroatoms. The number of hydrogen-bond acceptors (Lipinski definition) is 8. The Balaban J connectivity index is 1.81. The van der Waals surface area contributed by atoms with Gasteiger partial charge >= 0.3 is 12.1 Å². The number of fused-ring (bicyclic) bond motifs is 1. The molecule has 36 heavy (non-hydrogen) atoms. The van der Waals surface area contributed by atoms with Crippen molar-refractivity contribution in [1.29, 1.82) is 0 Å². The van der Waals surface area contributed by atoms with Gasteiger partial charge < -0.3 is 19.7 Å². The molecule has 0 spiro atoms. The summed E-state index contributed by atoms with van der Waals surface area (Å²) in [6, 6.07) is 4.25. The zero-order chi connectivity index (χ0) is 27.0. The monoisotopic (exact) mass is 503 g/mol. The summed E-state index contributed by atoms with van der Waals surface area (Å²) in [6.45, 7) is 10.3. The van der Waals surface area contributed by atoms with Gasteiger partial charge in [-0.05, 0) is 38.3 Å². The molecule has 2 aliphatic heterocycles. The highest BCUT2D eigenvalue weighted by molar-refractivity contribution is 6.20. The highest BCUT2D eigenvalue weighted by atomic mass is 16.7. The van der Waals surface area contributed by atoms with Crippen molar-refractivity contribution in [2.24, 2.45) is 5.41 Å². The number of imide groups is 1. The van der Waals surface area contributed by atoms with Crippen molar-refractivity contribution in [2.45, 2.75) is 71.8 Å². The summed E-state index contributed by atoms with van der Waals surface area (Å²) in [5.41, 5.74) is -1.08. The summed E-state index contributed by atoms with van der Waals surface area (Å²) in [7, 11) is 1.20. The Bertz CT molecular complexity index is 1040. The van der Waals surface area contributed by atoms with Crippen molar-refractivity contribution in [2.75, 3.05) is 13.7 Å². The highest BCUT2D eigenvalue weighted by Gasteiger charge is 2.48. The van der Waals surface area contributed by atoms with Gasteiger partial charge in [0, 0.05) is 6.42 Å². The highest BCUT2D eigenvalue weighted by Crippen LogP contribution is 2.30. The van der Waals surface area contributed by atoms with Crippen LogP contribution in [0.25, 0.3) is 0 Å². The molecule has 2 heterocycles. The maximum absolute atomic E-state index is 13.7. The number of amides is 4. The average Bonchev–Trinajstić information content (AvgIpc) is 3.30. The molecule has 0 radical (unpaired) electrons. The van der Waals surface area contributed by atoms with E-state index in [9.17, 15) is 24.0 Å². The van der Waals surface area contributed by atoms with E-state index in [1.54, 1.807) is 53.7 Å². The number of nitrogens with one attached hydrogen (secondary N) is 1. The molecule has 0 aliphatic carbocycles. The van der Waals surface area contributed by atoms with Crippen LogP contribution >= 0.6 is 0 Å². The molecule has 0 aromatic heterocycles. The van der Waals surface area contributed by atoms with Gasteiger partial charge in [0.05, 0.1) is 24.8 Å². The number of hydrogen-bond donors (Lipinski definition) is 1. The number of carbonyl (C=O) groups excluding carboxylic acids is 5. The normalized spacial score (nSPS) is 20.8. The number of benzene rings is 1. The van der Waals surface area contributed by atoms with Crippen LogP contribution in [0.15, 0.2) is 24.3 Å². The van der Waals surface area contributed by atoms with Crippen molar-refractivity contribution in [3.8, 4) is 0 Å². The molecular formula is C25H33N3O8. The van der Waals surface area contributed by atoms with Crippen molar-refractivity contribution < 1.29 is 38.3 Å². The Labute approximate surface area is 210 Å². The Morgan fingerprint density at radius 2 is 1.56 bits per heavy atom. The van der Waals surface area contributed by atoms with Crippen molar-refractivity contribution >= 4 is 29.8 Å². The fourth-order valence-electron chi connectivity index (χ4n) is 4.13. The number of esters is 1. The molecule has 196 valence electrons. The first-order valence-electron chi connectivity index (χ1n) is 11.7. The van der Waals surface area contributed by atoms with Crippen LogP contribution in [0.3, 0.4) is 0 Å². The van der Waals surface area contributed by atoms with Gasteiger partial charge in [0.1, 0.15) is 23.8 Å². The first-order valence-corrected chi connectivity index (χ1v) is 11.7. The smallest absolute Gasteiger partial charge is 0.408 e. The van der Waals surface area contributed by atoms with Crippen molar-refractivity contribution in [1.82, 2.24) is 15.3 Å². The molecular weight excluding hydrogens is 470 g/mol. The van der Waals surface area contributed by atoms with Crippen LogP contribution in [0.1, 0.15) is 68.7 Å². The van der Waals surface area contributed by atoms with Crippen molar-refractivity contribution in [3.63, 3.8) is 0 Å². The molecule has 4 amide bonds. The third-order valence-electron chi connectivity index (χ3n) is 5.80. The van der Waals surface area contributed by atoms with E-state index in [0.29, 0.717) is 5.06 Å². The van der Waals surface area contributed by atoms with E-state index in [1.165, 1.54) is 24.1 Å².